The number of anilines is 2. The number of nitrogen functional groups attached to an aromatic ring is 1. The van der Waals surface area contributed by atoms with E-state index >= 15 is 0 Å². The maximum absolute atomic E-state index is 13.4. The van der Waals surface area contributed by atoms with Crippen molar-refractivity contribution in [2.24, 2.45) is 0 Å². The quantitative estimate of drug-likeness (QED) is 0.767. The molecule has 1 aromatic rings. The van der Waals surface area contributed by atoms with Crippen molar-refractivity contribution in [1.29, 1.82) is 0 Å². The summed E-state index contributed by atoms with van der Waals surface area (Å²) in [5, 5.41) is 0. The molecule has 0 bridgehead atoms. The number of nitrogens with two attached hydrogens (primary N) is 1. The Labute approximate surface area is 99.2 Å². The third-order valence-corrected chi connectivity index (χ3v) is 3.01. The van der Waals surface area contributed by atoms with Gasteiger partial charge in [-0.15, -0.1) is 0 Å². The van der Waals surface area contributed by atoms with Crippen molar-refractivity contribution in [3.8, 4) is 0 Å². The number of morpholine rings is 1. The second kappa shape index (κ2) is 4.14. The van der Waals surface area contributed by atoms with Crippen LogP contribution in [0.25, 0.3) is 0 Å². The summed E-state index contributed by atoms with van der Waals surface area (Å²) in [6, 6.07) is 2.07. The van der Waals surface area contributed by atoms with Crippen molar-refractivity contribution in [1.82, 2.24) is 0 Å². The number of hydrogen-bond acceptors (Lipinski definition) is 3. The summed E-state index contributed by atoms with van der Waals surface area (Å²) in [6.45, 7) is 5.51. The molecule has 0 spiro atoms. The van der Waals surface area contributed by atoms with Crippen molar-refractivity contribution >= 4 is 11.4 Å². The summed E-state index contributed by atoms with van der Waals surface area (Å²) in [6.07, 6.45) is 0. The van der Waals surface area contributed by atoms with Gasteiger partial charge in [-0.1, -0.05) is 0 Å². The monoisotopic (exact) mass is 242 g/mol. The highest BCUT2D eigenvalue weighted by atomic mass is 19.1. The highest BCUT2D eigenvalue weighted by Crippen LogP contribution is 2.33. The number of nitrogens with zero attached hydrogens (tertiary/aromatic N) is 1. The van der Waals surface area contributed by atoms with E-state index in [0.717, 1.165) is 6.07 Å². The smallest absolute Gasteiger partial charge is 0.151 e. The number of rotatable bonds is 1. The third-order valence-electron chi connectivity index (χ3n) is 3.01. The third kappa shape index (κ3) is 2.20. The molecule has 0 aromatic heterocycles. The van der Waals surface area contributed by atoms with Crippen LogP contribution in [0.1, 0.15) is 13.8 Å². The Bertz CT molecular complexity index is 435. The van der Waals surface area contributed by atoms with Crippen LogP contribution >= 0.6 is 0 Å². The first-order valence-corrected chi connectivity index (χ1v) is 5.52. The van der Waals surface area contributed by atoms with Gasteiger partial charge >= 0.3 is 0 Å². The molecule has 94 valence electrons. The van der Waals surface area contributed by atoms with E-state index in [4.69, 9.17) is 10.5 Å². The molecule has 3 nitrogen and oxygen atoms in total. The van der Waals surface area contributed by atoms with Gasteiger partial charge in [-0.25, -0.2) is 8.78 Å². The molecule has 2 rings (SSSR count). The minimum Gasteiger partial charge on any atom is -0.395 e. The highest BCUT2D eigenvalue weighted by molar-refractivity contribution is 5.69. The summed E-state index contributed by atoms with van der Waals surface area (Å²) in [7, 11) is 0. The minimum atomic E-state index is -0.720. The van der Waals surface area contributed by atoms with E-state index in [9.17, 15) is 8.78 Å². The van der Waals surface area contributed by atoms with E-state index < -0.39 is 11.6 Å². The molecule has 0 saturated carbocycles. The summed E-state index contributed by atoms with van der Waals surface area (Å²) in [4.78, 5) is 1.89. The standard InChI is InChI=1S/C12H16F2N2O/c1-12(2)7-17-4-3-16(12)10-6-8(13)5-9(14)11(10)15/h5-6H,3-4,7,15H2,1-2H3. The van der Waals surface area contributed by atoms with Crippen LogP contribution in [0, 0.1) is 11.6 Å². The van der Waals surface area contributed by atoms with Crippen LogP contribution in [0.15, 0.2) is 12.1 Å². The van der Waals surface area contributed by atoms with E-state index in [1.807, 2.05) is 18.7 Å². The zero-order valence-corrected chi connectivity index (χ0v) is 9.96. The van der Waals surface area contributed by atoms with Gasteiger partial charge in [0.2, 0.25) is 0 Å². The first kappa shape index (κ1) is 12.1. The van der Waals surface area contributed by atoms with Gasteiger partial charge < -0.3 is 15.4 Å². The van der Waals surface area contributed by atoms with Gasteiger partial charge in [0.1, 0.15) is 5.82 Å². The number of benzene rings is 1. The van der Waals surface area contributed by atoms with Crippen molar-refractivity contribution in [3.05, 3.63) is 23.8 Å². The molecule has 1 heterocycles. The van der Waals surface area contributed by atoms with Crippen molar-refractivity contribution in [3.63, 3.8) is 0 Å². The second-order valence-corrected chi connectivity index (χ2v) is 4.84. The fraction of sp³-hybridized carbons (Fsp3) is 0.500. The van der Waals surface area contributed by atoms with E-state index in [1.165, 1.54) is 6.07 Å². The van der Waals surface area contributed by atoms with Gasteiger partial charge in [0, 0.05) is 12.6 Å². The van der Waals surface area contributed by atoms with E-state index in [1.54, 1.807) is 0 Å². The minimum absolute atomic E-state index is 0.0126. The average Bonchev–Trinajstić information content (AvgIpc) is 2.23. The zero-order valence-electron chi connectivity index (χ0n) is 9.96. The lowest BCUT2D eigenvalue weighted by molar-refractivity contribution is 0.0644. The lowest BCUT2D eigenvalue weighted by Crippen LogP contribution is -2.53. The second-order valence-electron chi connectivity index (χ2n) is 4.84. The molecule has 0 amide bonds. The maximum Gasteiger partial charge on any atom is 0.151 e. The number of hydrogen-bond donors (Lipinski definition) is 1. The summed E-state index contributed by atoms with van der Waals surface area (Å²) in [5.74, 6) is -1.34. The van der Waals surface area contributed by atoms with Crippen LogP contribution in [-0.2, 0) is 4.74 Å². The molecular formula is C12H16F2N2O. The SMILES string of the molecule is CC1(C)COCCN1c1cc(F)cc(F)c1N. The Morgan fingerprint density at radius 3 is 2.71 bits per heavy atom. The zero-order chi connectivity index (χ0) is 12.6. The van der Waals surface area contributed by atoms with Gasteiger partial charge in [-0.3, -0.25) is 0 Å². The largest absolute Gasteiger partial charge is 0.395 e. The van der Waals surface area contributed by atoms with Crippen molar-refractivity contribution in [2.75, 3.05) is 30.4 Å². The van der Waals surface area contributed by atoms with Crippen LogP contribution in [0.5, 0.6) is 0 Å². The van der Waals surface area contributed by atoms with E-state index in [0.29, 0.717) is 25.4 Å². The molecule has 1 aliphatic rings. The van der Waals surface area contributed by atoms with E-state index in [-0.39, 0.29) is 11.2 Å². The van der Waals surface area contributed by atoms with Gasteiger partial charge in [0.05, 0.1) is 30.1 Å². The normalized spacial score (nSPS) is 19.4. The Hall–Kier alpha value is -1.36. The fourth-order valence-electron chi connectivity index (χ4n) is 2.10. The number of halogens is 2. The summed E-state index contributed by atoms with van der Waals surface area (Å²) >= 11 is 0. The first-order chi connectivity index (χ1) is 7.92. The predicted octanol–water partition coefficient (Wildman–Crippen LogP) is 2.16. The molecule has 0 radical (unpaired) electrons. The first-order valence-electron chi connectivity index (χ1n) is 5.52. The lowest BCUT2D eigenvalue weighted by atomic mass is 10.0. The molecule has 0 aliphatic carbocycles. The Balaban J connectivity index is 2.45. The molecule has 1 aromatic carbocycles. The molecule has 5 heteroatoms. The summed E-state index contributed by atoms with van der Waals surface area (Å²) in [5.41, 5.74) is 5.74. The highest BCUT2D eigenvalue weighted by Gasteiger charge is 2.32. The molecule has 17 heavy (non-hydrogen) atoms. The van der Waals surface area contributed by atoms with Crippen molar-refractivity contribution < 1.29 is 13.5 Å². The van der Waals surface area contributed by atoms with Crippen molar-refractivity contribution in [2.45, 2.75) is 19.4 Å². The molecule has 1 fully saturated rings. The van der Waals surface area contributed by atoms with Gasteiger partial charge in [-0.2, -0.15) is 0 Å². The molecule has 0 atom stereocenters. The van der Waals surface area contributed by atoms with Gasteiger partial charge in [0.15, 0.2) is 5.82 Å². The average molecular weight is 242 g/mol. The molecule has 1 aliphatic heterocycles. The summed E-state index contributed by atoms with van der Waals surface area (Å²) < 4.78 is 32.1. The van der Waals surface area contributed by atoms with Gasteiger partial charge in [0.25, 0.3) is 0 Å². The Morgan fingerprint density at radius 1 is 1.35 bits per heavy atom. The van der Waals surface area contributed by atoms with Gasteiger partial charge in [-0.05, 0) is 19.9 Å². The Morgan fingerprint density at radius 2 is 2.06 bits per heavy atom. The molecule has 1 saturated heterocycles. The Kier molecular flexibility index (Phi) is 2.95. The molecule has 2 N–H and O–H groups in total. The lowest BCUT2D eigenvalue weighted by Gasteiger charge is -2.44. The van der Waals surface area contributed by atoms with Crippen LogP contribution in [0.2, 0.25) is 0 Å². The predicted molar refractivity (Wildman–Crippen MR) is 63.0 cm³/mol. The van der Waals surface area contributed by atoms with Crippen LogP contribution < -0.4 is 10.6 Å². The maximum atomic E-state index is 13.4. The van der Waals surface area contributed by atoms with E-state index in [2.05, 4.69) is 0 Å². The number of ether oxygens (including phenoxy) is 1. The topological polar surface area (TPSA) is 38.5 Å². The fourth-order valence-corrected chi connectivity index (χ4v) is 2.10. The van der Waals surface area contributed by atoms with Crippen LogP contribution in [0.3, 0.4) is 0 Å². The molecule has 0 unspecified atom stereocenters. The van der Waals surface area contributed by atoms with Crippen LogP contribution in [0.4, 0.5) is 20.2 Å². The molecular weight excluding hydrogens is 226 g/mol. The van der Waals surface area contributed by atoms with Crippen LogP contribution in [-0.4, -0.2) is 25.3 Å².